The van der Waals surface area contributed by atoms with Crippen LogP contribution in [0.4, 0.5) is 5.69 Å². The van der Waals surface area contributed by atoms with Gasteiger partial charge < -0.3 is 10.2 Å². The molecule has 2 fully saturated rings. The van der Waals surface area contributed by atoms with Crippen LogP contribution < -0.4 is 10.2 Å². The van der Waals surface area contributed by atoms with Crippen LogP contribution >= 0.6 is 11.8 Å². The fourth-order valence-corrected chi connectivity index (χ4v) is 5.00. The van der Waals surface area contributed by atoms with Crippen LogP contribution in [0.1, 0.15) is 45.4 Å². The molecule has 0 radical (unpaired) electrons. The number of carbonyl (C=O) groups is 1. The largest absolute Gasteiger partial charge is 0.308 e. The summed E-state index contributed by atoms with van der Waals surface area (Å²) in [7, 11) is 1.89. The molecule has 1 aliphatic carbocycles. The van der Waals surface area contributed by atoms with Crippen LogP contribution in [-0.4, -0.2) is 45.3 Å². The number of hydrogen-bond acceptors (Lipinski definition) is 4. The Labute approximate surface area is 143 Å². The van der Waals surface area contributed by atoms with E-state index in [0.717, 1.165) is 30.8 Å². The van der Waals surface area contributed by atoms with Gasteiger partial charge in [0.1, 0.15) is 0 Å². The van der Waals surface area contributed by atoms with Gasteiger partial charge in [-0.2, -0.15) is 16.9 Å². The Bertz CT molecular complexity index is 530. The summed E-state index contributed by atoms with van der Waals surface area (Å²) in [5.41, 5.74) is 0.923. The van der Waals surface area contributed by atoms with Crippen molar-refractivity contribution in [2.24, 2.45) is 7.05 Å². The molecule has 1 saturated heterocycles. The van der Waals surface area contributed by atoms with Crippen molar-refractivity contribution < 1.29 is 4.79 Å². The lowest BCUT2D eigenvalue weighted by atomic mass is 9.93. The molecule has 1 aromatic rings. The highest BCUT2D eigenvalue weighted by atomic mass is 32.2. The predicted molar refractivity (Wildman–Crippen MR) is 95.9 cm³/mol. The molecule has 1 aromatic heterocycles. The fourth-order valence-electron chi connectivity index (χ4n) is 3.79. The zero-order chi connectivity index (χ0) is 16.2. The highest BCUT2D eigenvalue weighted by Crippen LogP contribution is 2.30. The van der Waals surface area contributed by atoms with Gasteiger partial charge in [0, 0.05) is 31.1 Å². The molecular weight excluding hydrogens is 308 g/mol. The molecule has 0 spiro atoms. The van der Waals surface area contributed by atoms with Gasteiger partial charge in [0.15, 0.2) is 0 Å². The van der Waals surface area contributed by atoms with Crippen LogP contribution in [0.5, 0.6) is 0 Å². The zero-order valence-corrected chi connectivity index (χ0v) is 15.0. The van der Waals surface area contributed by atoms with E-state index in [1.807, 2.05) is 29.9 Å². The number of hydrogen-bond donors (Lipinski definition) is 1. The third kappa shape index (κ3) is 3.91. The van der Waals surface area contributed by atoms with E-state index >= 15 is 0 Å². The number of nitrogens with zero attached hydrogens (tertiary/aromatic N) is 3. The second kappa shape index (κ2) is 7.71. The standard InChI is InChI=1S/C17H28N4OS/c1-3-23-16-9-5-4-7-14(16)19-15-8-6-10-21(17(15)22)13-11-18-20(2)12-13/h11-12,14-16,19H,3-10H2,1-2H3. The number of carbonyl (C=O) groups excluding carboxylic acids is 1. The van der Waals surface area contributed by atoms with Crippen molar-refractivity contribution in [3.05, 3.63) is 12.4 Å². The highest BCUT2D eigenvalue weighted by Gasteiger charge is 2.34. The lowest BCUT2D eigenvalue weighted by Gasteiger charge is -2.38. The molecule has 3 rings (SSSR count). The van der Waals surface area contributed by atoms with E-state index < -0.39 is 0 Å². The highest BCUT2D eigenvalue weighted by molar-refractivity contribution is 7.99. The maximum absolute atomic E-state index is 12.9. The summed E-state index contributed by atoms with van der Waals surface area (Å²) in [6.07, 6.45) is 10.8. The number of anilines is 1. The smallest absolute Gasteiger partial charge is 0.244 e. The van der Waals surface area contributed by atoms with Crippen molar-refractivity contribution in [2.45, 2.75) is 62.8 Å². The SMILES string of the molecule is CCSC1CCCCC1NC1CCCN(c2cnn(C)c2)C1=O. The van der Waals surface area contributed by atoms with E-state index in [1.54, 1.807) is 10.9 Å². The van der Waals surface area contributed by atoms with E-state index in [1.165, 1.54) is 25.7 Å². The Morgan fingerprint density at radius 2 is 2.13 bits per heavy atom. The van der Waals surface area contributed by atoms with Crippen molar-refractivity contribution in [3.63, 3.8) is 0 Å². The number of amides is 1. The minimum atomic E-state index is -0.0352. The summed E-state index contributed by atoms with van der Waals surface area (Å²) < 4.78 is 1.76. The van der Waals surface area contributed by atoms with E-state index in [0.29, 0.717) is 11.3 Å². The molecular formula is C17H28N4OS. The molecule has 6 heteroatoms. The molecule has 3 unspecified atom stereocenters. The molecule has 128 valence electrons. The summed E-state index contributed by atoms with van der Waals surface area (Å²) in [5, 5.41) is 8.57. The molecule has 5 nitrogen and oxygen atoms in total. The quantitative estimate of drug-likeness (QED) is 0.898. The number of thioether (sulfide) groups is 1. The van der Waals surface area contributed by atoms with Gasteiger partial charge in [-0.25, -0.2) is 0 Å². The van der Waals surface area contributed by atoms with E-state index in [-0.39, 0.29) is 11.9 Å². The van der Waals surface area contributed by atoms with E-state index in [2.05, 4.69) is 17.3 Å². The number of aromatic nitrogens is 2. The van der Waals surface area contributed by atoms with Crippen LogP contribution in [0.2, 0.25) is 0 Å². The van der Waals surface area contributed by atoms with E-state index in [4.69, 9.17) is 0 Å². The fraction of sp³-hybridized carbons (Fsp3) is 0.765. The van der Waals surface area contributed by atoms with Gasteiger partial charge in [-0.15, -0.1) is 0 Å². The van der Waals surface area contributed by atoms with Gasteiger partial charge in [0.2, 0.25) is 5.91 Å². The van der Waals surface area contributed by atoms with Crippen LogP contribution in [-0.2, 0) is 11.8 Å². The van der Waals surface area contributed by atoms with Gasteiger partial charge in [-0.1, -0.05) is 19.8 Å². The normalized spacial score (nSPS) is 29.0. The zero-order valence-electron chi connectivity index (χ0n) is 14.2. The molecule has 1 N–H and O–H groups in total. The van der Waals surface area contributed by atoms with Crippen molar-refractivity contribution in [2.75, 3.05) is 17.2 Å². The maximum Gasteiger partial charge on any atom is 0.244 e. The molecule has 2 heterocycles. The first-order valence-electron chi connectivity index (χ1n) is 8.86. The molecule has 23 heavy (non-hydrogen) atoms. The summed E-state index contributed by atoms with van der Waals surface area (Å²) >= 11 is 2.05. The van der Waals surface area contributed by atoms with Crippen molar-refractivity contribution in [1.82, 2.24) is 15.1 Å². The first-order chi connectivity index (χ1) is 11.2. The Morgan fingerprint density at radius 1 is 1.30 bits per heavy atom. The van der Waals surface area contributed by atoms with Crippen molar-refractivity contribution in [3.8, 4) is 0 Å². The Hall–Kier alpha value is -1.01. The van der Waals surface area contributed by atoms with Gasteiger partial charge in [-0.3, -0.25) is 9.48 Å². The number of nitrogens with one attached hydrogen (secondary N) is 1. The van der Waals surface area contributed by atoms with Crippen LogP contribution in [0.15, 0.2) is 12.4 Å². The third-order valence-corrected chi connectivity index (χ3v) is 6.27. The van der Waals surface area contributed by atoms with Gasteiger partial charge in [0.05, 0.1) is 17.9 Å². The van der Waals surface area contributed by atoms with Crippen molar-refractivity contribution in [1.29, 1.82) is 0 Å². The summed E-state index contributed by atoms with van der Waals surface area (Å²) in [6, 6.07) is 0.448. The number of piperidine rings is 1. The molecule has 2 aliphatic rings. The Balaban J connectivity index is 1.66. The van der Waals surface area contributed by atoms with Crippen LogP contribution in [0.3, 0.4) is 0 Å². The molecule has 1 amide bonds. The predicted octanol–water partition coefficient (Wildman–Crippen LogP) is 2.57. The van der Waals surface area contributed by atoms with Crippen LogP contribution in [0.25, 0.3) is 0 Å². The molecule has 1 saturated carbocycles. The van der Waals surface area contributed by atoms with E-state index in [9.17, 15) is 4.79 Å². The minimum absolute atomic E-state index is 0.0352. The molecule has 1 aliphatic heterocycles. The average molecular weight is 337 g/mol. The molecule has 3 atom stereocenters. The monoisotopic (exact) mass is 336 g/mol. The Kier molecular flexibility index (Phi) is 5.64. The van der Waals surface area contributed by atoms with Gasteiger partial charge >= 0.3 is 0 Å². The number of aryl methyl sites for hydroxylation is 1. The Morgan fingerprint density at radius 3 is 2.87 bits per heavy atom. The summed E-state index contributed by atoms with van der Waals surface area (Å²) in [5.74, 6) is 1.37. The minimum Gasteiger partial charge on any atom is -0.308 e. The second-order valence-electron chi connectivity index (χ2n) is 6.61. The first-order valence-corrected chi connectivity index (χ1v) is 9.91. The lowest BCUT2D eigenvalue weighted by Crippen LogP contribution is -2.56. The van der Waals surface area contributed by atoms with Crippen molar-refractivity contribution >= 4 is 23.4 Å². The average Bonchev–Trinajstić information content (AvgIpc) is 2.98. The summed E-state index contributed by atoms with van der Waals surface area (Å²) in [4.78, 5) is 14.8. The first kappa shape index (κ1) is 16.8. The molecule has 0 bridgehead atoms. The topological polar surface area (TPSA) is 50.2 Å². The second-order valence-corrected chi connectivity index (χ2v) is 8.12. The molecule has 0 aromatic carbocycles. The van der Waals surface area contributed by atoms with Gasteiger partial charge in [-0.05, 0) is 31.4 Å². The lowest BCUT2D eigenvalue weighted by molar-refractivity contribution is -0.122. The third-order valence-electron chi connectivity index (χ3n) is 4.94. The summed E-state index contributed by atoms with van der Waals surface area (Å²) in [6.45, 7) is 3.03. The van der Waals surface area contributed by atoms with Crippen LogP contribution in [0, 0.1) is 0 Å². The van der Waals surface area contributed by atoms with Gasteiger partial charge in [0.25, 0.3) is 0 Å². The maximum atomic E-state index is 12.9. The number of rotatable bonds is 5.